The molecule has 47 heavy (non-hydrogen) atoms. The second kappa shape index (κ2) is 14.8. The molecule has 2 aliphatic rings. The van der Waals surface area contributed by atoms with Gasteiger partial charge in [-0.3, -0.25) is 24.5 Å². The van der Waals surface area contributed by atoms with Crippen LogP contribution in [0.2, 0.25) is 0 Å². The number of carbonyl (C=O) groups is 4. The lowest BCUT2D eigenvalue weighted by Crippen LogP contribution is -2.62. The number of aldehydes is 1. The molecule has 1 aromatic heterocycles. The molecule has 3 aromatic rings. The van der Waals surface area contributed by atoms with Gasteiger partial charge in [-0.05, 0) is 76.1 Å². The van der Waals surface area contributed by atoms with Gasteiger partial charge in [0.25, 0.3) is 5.69 Å². The number of aryl methyl sites for hydroxylation is 2. The largest absolute Gasteiger partial charge is 0.486 e. The van der Waals surface area contributed by atoms with Crippen molar-refractivity contribution in [3.63, 3.8) is 0 Å². The highest BCUT2D eigenvalue weighted by Gasteiger charge is 2.42. The van der Waals surface area contributed by atoms with Crippen molar-refractivity contribution in [1.29, 1.82) is 0 Å². The van der Waals surface area contributed by atoms with Gasteiger partial charge < -0.3 is 29.4 Å². The van der Waals surface area contributed by atoms with E-state index in [1.807, 2.05) is 24.3 Å². The van der Waals surface area contributed by atoms with Crippen LogP contribution in [-0.4, -0.2) is 83.1 Å². The van der Waals surface area contributed by atoms with Crippen LogP contribution in [0.25, 0.3) is 22.2 Å². The van der Waals surface area contributed by atoms with Gasteiger partial charge in [-0.2, -0.15) is 12.6 Å². The number of aromatic nitrogens is 1. The summed E-state index contributed by atoms with van der Waals surface area (Å²) in [6, 6.07) is 10.5. The summed E-state index contributed by atoms with van der Waals surface area (Å²) >= 11 is 4.19. The van der Waals surface area contributed by atoms with E-state index in [-0.39, 0.29) is 47.2 Å². The number of rotatable bonds is 10. The molecule has 1 aliphatic carbocycles. The van der Waals surface area contributed by atoms with Crippen molar-refractivity contribution in [1.82, 2.24) is 15.2 Å². The Labute approximate surface area is 277 Å². The molecule has 1 saturated heterocycles. The third-order valence-electron chi connectivity index (χ3n) is 7.53. The van der Waals surface area contributed by atoms with Crippen LogP contribution in [0.4, 0.5) is 5.69 Å². The fourth-order valence-electron chi connectivity index (χ4n) is 5.42. The molecule has 1 amide bonds. The van der Waals surface area contributed by atoms with E-state index in [1.165, 1.54) is 11.8 Å². The molecule has 0 saturated carbocycles. The zero-order chi connectivity index (χ0) is 34.5. The number of hydrogen-bond acceptors (Lipinski definition) is 11. The number of likely N-dealkylation sites (N-methyl/N-ethyl adjacent to an activating group) is 1. The third-order valence-corrected chi connectivity index (χ3v) is 7.91. The van der Waals surface area contributed by atoms with Crippen LogP contribution in [-0.2, 0) is 41.5 Å². The summed E-state index contributed by atoms with van der Waals surface area (Å²) < 4.78 is 15.7. The molecule has 1 unspecified atom stereocenters. The van der Waals surface area contributed by atoms with Crippen LogP contribution in [0.5, 0.6) is 5.75 Å². The highest BCUT2D eigenvalue weighted by Crippen LogP contribution is 2.41. The number of nitrogens with one attached hydrogen (secondary N) is 2. The first-order valence-electron chi connectivity index (χ1n) is 15.0. The Balaban J connectivity index is 0.000000213. The zero-order valence-electron chi connectivity index (χ0n) is 26.9. The number of amides is 1. The number of thiol groups is 1. The highest BCUT2D eigenvalue weighted by atomic mass is 32.1. The van der Waals surface area contributed by atoms with Crippen molar-refractivity contribution in [2.75, 3.05) is 32.6 Å². The number of benzene rings is 2. The summed E-state index contributed by atoms with van der Waals surface area (Å²) in [7, 11) is 1.68. The molecule has 1 atom stereocenters. The van der Waals surface area contributed by atoms with Crippen molar-refractivity contribution in [3.8, 4) is 17.0 Å². The molecule has 2 aromatic carbocycles. The number of hydrogen-bond donors (Lipinski definition) is 3. The minimum Gasteiger partial charge on any atom is -0.486 e. The maximum absolute atomic E-state index is 12.5. The number of nitro benzene ring substituents is 1. The van der Waals surface area contributed by atoms with E-state index in [0.29, 0.717) is 29.5 Å². The topological polar surface area (TPSA) is 170 Å². The highest BCUT2D eigenvalue weighted by molar-refractivity contribution is 7.80. The summed E-state index contributed by atoms with van der Waals surface area (Å²) in [6.07, 6.45) is 2.22. The summed E-state index contributed by atoms with van der Waals surface area (Å²) in [5.74, 6) is -0.509. The molecule has 1 fully saturated rings. The van der Waals surface area contributed by atoms with Crippen LogP contribution < -0.4 is 10.1 Å². The Morgan fingerprint density at radius 3 is 2.55 bits per heavy atom. The van der Waals surface area contributed by atoms with Crippen molar-refractivity contribution >= 4 is 53.4 Å². The van der Waals surface area contributed by atoms with E-state index in [1.54, 1.807) is 40.0 Å². The summed E-state index contributed by atoms with van der Waals surface area (Å²) in [6.45, 7) is 6.76. The predicted octanol–water partition coefficient (Wildman–Crippen LogP) is 3.92. The van der Waals surface area contributed by atoms with Crippen LogP contribution in [0.3, 0.4) is 0 Å². The number of non-ortho nitro benzene ring substituents is 1. The maximum Gasteiger partial charge on any atom is 0.355 e. The normalized spacial score (nSPS) is 15.7. The van der Waals surface area contributed by atoms with Crippen molar-refractivity contribution < 1.29 is 38.3 Å². The summed E-state index contributed by atoms with van der Waals surface area (Å²) in [5.41, 5.74) is 4.81. The first kappa shape index (κ1) is 35.2. The molecule has 2 heterocycles. The molecule has 0 spiro atoms. The fourth-order valence-corrected chi connectivity index (χ4v) is 5.66. The van der Waals surface area contributed by atoms with E-state index >= 15 is 0 Å². The quantitative estimate of drug-likeness (QED) is 0.0548. The van der Waals surface area contributed by atoms with E-state index in [9.17, 15) is 29.3 Å². The minimum absolute atomic E-state index is 0.0304. The van der Waals surface area contributed by atoms with Crippen LogP contribution in [0.15, 0.2) is 47.7 Å². The molecule has 0 bridgehead atoms. The first-order chi connectivity index (χ1) is 22.3. The van der Waals surface area contributed by atoms with Crippen LogP contribution in [0.1, 0.15) is 38.8 Å². The summed E-state index contributed by atoms with van der Waals surface area (Å²) in [4.78, 5) is 61.8. The Bertz CT molecular complexity index is 1740. The Hall–Kier alpha value is -4.69. The Kier molecular flexibility index (Phi) is 11.1. The van der Waals surface area contributed by atoms with Gasteiger partial charge in [-0.1, -0.05) is 6.07 Å². The molecular formula is C33H38N4O9S. The zero-order valence-corrected chi connectivity index (χ0v) is 27.8. The molecule has 14 heteroatoms. The minimum atomic E-state index is -0.707. The van der Waals surface area contributed by atoms with Gasteiger partial charge in [-0.15, -0.1) is 0 Å². The predicted molar refractivity (Wildman–Crippen MR) is 177 cm³/mol. The molecule has 0 radical (unpaired) electrons. The SMILES string of the molecule is CNC1CN(/C(C(=O)OC(C)(C)C)=C(\CS)COC(C)=O)C1=O.O=CCOc1ccc2c(c1)CCc1c-2[nH]c2cccc([N+](=O)[O-])c12. The van der Waals surface area contributed by atoms with Gasteiger partial charge in [-0.25, -0.2) is 4.79 Å². The number of nitro groups is 1. The smallest absolute Gasteiger partial charge is 0.355 e. The van der Waals surface area contributed by atoms with Crippen LogP contribution in [0, 0.1) is 10.1 Å². The van der Waals surface area contributed by atoms with Crippen LogP contribution >= 0.6 is 12.6 Å². The van der Waals surface area contributed by atoms with Crippen molar-refractivity contribution in [2.24, 2.45) is 0 Å². The van der Waals surface area contributed by atoms with E-state index in [0.717, 1.165) is 40.7 Å². The maximum atomic E-state index is 12.5. The lowest BCUT2D eigenvalue weighted by atomic mass is 9.88. The van der Waals surface area contributed by atoms with Gasteiger partial charge in [0, 0.05) is 29.9 Å². The molecule has 2 N–H and O–H groups in total. The van der Waals surface area contributed by atoms with E-state index < -0.39 is 17.5 Å². The molecule has 250 valence electrons. The molecule has 5 rings (SSSR count). The van der Waals surface area contributed by atoms with Crippen molar-refractivity contribution in [2.45, 2.75) is 52.2 Å². The number of β-lactam (4-membered cyclic amide) rings is 1. The number of likely N-dealkylation sites (tertiary alicyclic amines) is 1. The summed E-state index contributed by atoms with van der Waals surface area (Å²) in [5, 5.41) is 14.9. The lowest BCUT2D eigenvalue weighted by Gasteiger charge is -2.40. The third kappa shape index (κ3) is 8.00. The van der Waals surface area contributed by atoms with Gasteiger partial charge >= 0.3 is 11.9 Å². The second-order valence-corrected chi connectivity index (χ2v) is 12.2. The fraction of sp³-hybridized carbons (Fsp3) is 0.394. The van der Waals surface area contributed by atoms with Gasteiger partial charge in [0.15, 0.2) is 6.29 Å². The van der Waals surface area contributed by atoms with Gasteiger partial charge in [0.05, 0.1) is 28.1 Å². The second-order valence-electron chi connectivity index (χ2n) is 11.9. The number of esters is 2. The number of H-pyrrole nitrogens is 1. The first-order valence-corrected chi connectivity index (χ1v) is 15.6. The number of aromatic amines is 1. The molecule has 13 nitrogen and oxygen atoms in total. The van der Waals surface area contributed by atoms with Gasteiger partial charge in [0.2, 0.25) is 5.91 Å². The monoisotopic (exact) mass is 666 g/mol. The van der Waals surface area contributed by atoms with Crippen molar-refractivity contribution in [3.05, 3.63) is 68.9 Å². The standard InChI is InChI=1S/C18H14N2O4.C15H24N2O5S/c21-8-9-24-12-5-7-13-11(10-12)4-6-14-17-15(19-18(13)14)2-1-3-16(17)20(22)23;1-9(18)21-7-10(8-23)12(14(20)22-15(2,3)4)17-6-11(16-5)13(17)19/h1-3,5,7-8,10,19H,4,6,9H2;11,16,23H,6-8H2,1-5H3/b;12-10-. The Morgan fingerprint density at radius 2 is 1.96 bits per heavy atom. The lowest BCUT2D eigenvalue weighted by molar-refractivity contribution is -0.383. The number of fused-ring (bicyclic) bond motifs is 5. The number of carbonyl (C=O) groups excluding carboxylic acids is 4. The number of ether oxygens (including phenoxy) is 3. The van der Waals surface area contributed by atoms with E-state index in [4.69, 9.17) is 14.2 Å². The average Bonchev–Trinajstić information content (AvgIpc) is 3.41. The van der Waals surface area contributed by atoms with Gasteiger partial charge in [0.1, 0.15) is 36.3 Å². The Morgan fingerprint density at radius 1 is 1.21 bits per heavy atom. The average molecular weight is 667 g/mol. The van der Waals surface area contributed by atoms with E-state index in [2.05, 4.69) is 22.9 Å². The molecular weight excluding hydrogens is 628 g/mol. The number of nitrogens with zero attached hydrogens (tertiary/aromatic N) is 2. The molecule has 1 aliphatic heterocycles.